The van der Waals surface area contributed by atoms with Gasteiger partial charge in [0.1, 0.15) is 0 Å². The molecular weight excluding hydrogens is 760 g/mol. The van der Waals surface area contributed by atoms with Crippen LogP contribution in [0.15, 0.2) is 194 Å². The van der Waals surface area contributed by atoms with Crippen molar-refractivity contribution in [3.8, 4) is 73.0 Å². The Morgan fingerprint density at radius 3 is 1.59 bits per heavy atom. The van der Waals surface area contributed by atoms with E-state index in [2.05, 4.69) is 115 Å². The molecule has 2 aromatic heterocycles. The lowest BCUT2D eigenvalue weighted by Crippen LogP contribution is -2.05. The molecule has 6 heteroatoms. The number of para-hydroxylation sites is 1. The molecule has 10 rings (SSSR count). The SMILES string of the molecule is Cc1ccc(-c2cc(-c3cc(-c4ccccc4)nc(-c4ccccc4)n3)cc(-c3ccc(C(F)(F)F)cc3)c2-n2c3ccccc3c3cc(-c4cccc(C)c4)ccc32)cc1. The van der Waals surface area contributed by atoms with Crippen molar-refractivity contribution < 1.29 is 13.2 Å². The number of benzene rings is 8. The number of nitrogens with zero attached hydrogens (tertiary/aromatic N) is 3. The summed E-state index contributed by atoms with van der Waals surface area (Å²) in [7, 11) is 0. The van der Waals surface area contributed by atoms with Gasteiger partial charge in [-0.3, -0.25) is 0 Å². The van der Waals surface area contributed by atoms with Crippen LogP contribution in [0.5, 0.6) is 0 Å². The Hall–Kier alpha value is -7.57. The van der Waals surface area contributed by atoms with Gasteiger partial charge < -0.3 is 4.57 Å². The van der Waals surface area contributed by atoms with Gasteiger partial charge >= 0.3 is 6.18 Å². The topological polar surface area (TPSA) is 30.7 Å². The lowest BCUT2D eigenvalue weighted by atomic mass is 9.91. The fourth-order valence-electron chi connectivity index (χ4n) is 8.32. The van der Waals surface area contributed by atoms with E-state index in [4.69, 9.17) is 9.97 Å². The summed E-state index contributed by atoms with van der Waals surface area (Å²) in [6, 6.07) is 63.5. The number of hydrogen-bond acceptors (Lipinski definition) is 2. The van der Waals surface area contributed by atoms with Crippen LogP contribution in [0.4, 0.5) is 13.2 Å². The van der Waals surface area contributed by atoms with Crippen LogP contribution in [-0.2, 0) is 6.18 Å². The molecule has 61 heavy (non-hydrogen) atoms. The molecule has 0 aliphatic heterocycles. The van der Waals surface area contributed by atoms with Gasteiger partial charge in [-0.15, -0.1) is 0 Å². The van der Waals surface area contributed by atoms with E-state index in [9.17, 15) is 13.2 Å². The molecule has 294 valence electrons. The minimum Gasteiger partial charge on any atom is -0.308 e. The maximum Gasteiger partial charge on any atom is 0.416 e. The molecule has 0 fully saturated rings. The van der Waals surface area contributed by atoms with Crippen LogP contribution < -0.4 is 0 Å². The first-order chi connectivity index (χ1) is 29.7. The lowest BCUT2D eigenvalue weighted by Gasteiger charge is -2.22. The Bertz CT molecular complexity index is 3160. The van der Waals surface area contributed by atoms with E-state index < -0.39 is 11.7 Å². The van der Waals surface area contributed by atoms with Crippen LogP contribution in [0.1, 0.15) is 16.7 Å². The van der Waals surface area contributed by atoms with Crippen LogP contribution in [0.3, 0.4) is 0 Å². The first-order valence-corrected chi connectivity index (χ1v) is 20.2. The predicted octanol–water partition coefficient (Wildman–Crippen LogP) is 15.2. The number of hydrogen-bond donors (Lipinski definition) is 0. The summed E-state index contributed by atoms with van der Waals surface area (Å²) in [6.45, 7) is 4.16. The fraction of sp³-hybridized carbons (Fsp3) is 0.0545. The van der Waals surface area contributed by atoms with E-state index in [1.54, 1.807) is 12.1 Å². The summed E-state index contributed by atoms with van der Waals surface area (Å²) in [5.41, 5.74) is 13.9. The smallest absolute Gasteiger partial charge is 0.308 e. The van der Waals surface area contributed by atoms with Crippen molar-refractivity contribution in [1.82, 2.24) is 14.5 Å². The minimum atomic E-state index is -4.49. The zero-order chi connectivity index (χ0) is 41.7. The van der Waals surface area contributed by atoms with E-state index in [0.717, 1.165) is 83.3 Å². The summed E-state index contributed by atoms with van der Waals surface area (Å²) in [5.74, 6) is 0.570. The first kappa shape index (κ1) is 37.7. The number of fused-ring (bicyclic) bond motifs is 3. The highest BCUT2D eigenvalue weighted by molar-refractivity contribution is 6.12. The standard InChI is InChI=1S/C55H38F3N3/c1-35-20-22-37(23-21-35)46-32-43(50-34-49(39-13-5-3-6-14-39)59-54(60-50)40-15-7-4-8-16-40)33-47(38-24-27-44(28-25-38)55(56,57)58)53(46)61-51-19-10-9-18-45(51)48-31-42(26-29-52(48)61)41-17-11-12-36(2)30-41/h3-34H,1-2H3. The Morgan fingerprint density at radius 2 is 0.934 bits per heavy atom. The molecule has 0 bridgehead atoms. The molecule has 0 amide bonds. The maximum absolute atomic E-state index is 14.1. The number of halogens is 3. The molecule has 0 atom stereocenters. The molecule has 0 radical (unpaired) electrons. The number of aryl methyl sites for hydroxylation is 2. The highest BCUT2D eigenvalue weighted by Crippen LogP contribution is 2.45. The fourth-order valence-corrected chi connectivity index (χ4v) is 8.32. The first-order valence-electron chi connectivity index (χ1n) is 20.2. The average Bonchev–Trinajstić information content (AvgIpc) is 3.62. The molecule has 2 heterocycles. The monoisotopic (exact) mass is 797 g/mol. The second kappa shape index (κ2) is 15.2. The van der Waals surface area contributed by atoms with E-state index in [1.165, 1.54) is 17.7 Å². The van der Waals surface area contributed by atoms with Crippen molar-refractivity contribution in [2.75, 3.05) is 0 Å². The Kier molecular flexibility index (Phi) is 9.41. The largest absolute Gasteiger partial charge is 0.416 e. The van der Waals surface area contributed by atoms with Crippen LogP contribution in [0, 0.1) is 13.8 Å². The molecule has 10 aromatic rings. The summed E-state index contributed by atoms with van der Waals surface area (Å²) in [4.78, 5) is 10.2. The van der Waals surface area contributed by atoms with Crippen LogP contribution in [0.2, 0.25) is 0 Å². The summed E-state index contributed by atoms with van der Waals surface area (Å²) in [5, 5.41) is 2.14. The van der Waals surface area contributed by atoms with Gasteiger partial charge in [0, 0.05) is 38.6 Å². The summed E-state index contributed by atoms with van der Waals surface area (Å²) >= 11 is 0. The van der Waals surface area contributed by atoms with Gasteiger partial charge in [0.15, 0.2) is 5.82 Å². The van der Waals surface area contributed by atoms with Crippen molar-refractivity contribution in [1.29, 1.82) is 0 Å². The van der Waals surface area contributed by atoms with Crippen molar-refractivity contribution in [3.05, 3.63) is 211 Å². The highest BCUT2D eigenvalue weighted by atomic mass is 19.4. The molecule has 0 aliphatic carbocycles. The maximum atomic E-state index is 14.1. The Balaban J connectivity index is 1.31. The average molecular weight is 798 g/mol. The van der Waals surface area contributed by atoms with E-state index in [1.807, 2.05) is 72.8 Å². The van der Waals surface area contributed by atoms with Gasteiger partial charge in [-0.25, -0.2) is 9.97 Å². The zero-order valence-electron chi connectivity index (χ0n) is 33.5. The summed E-state index contributed by atoms with van der Waals surface area (Å²) in [6.07, 6.45) is -4.49. The molecule has 0 spiro atoms. The van der Waals surface area contributed by atoms with E-state index >= 15 is 0 Å². The van der Waals surface area contributed by atoms with Gasteiger partial charge in [0.25, 0.3) is 0 Å². The van der Waals surface area contributed by atoms with Gasteiger partial charge in [0.2, 0.25) is 0 Å². The van der Waals surface area contributed by atoms with Crippen molar-refractivity contribution in [2.45, 2.75) is 20.0 Å². The third-order valence-corrected chi connectivity index (χ3v) is 11.4. The van der Waals surface area contributed by atoms with Crippen molar-refractivity contribution in [3.63, 3.8) is 0 Å². The van der Waals surface area contributed by atoms with Crippen molar-refractivity contribution in [2.24, 2.45) is 0 Å². The molecular formula is C55H38F3N3. The molecule has 0 aliphatic rings. The predicted molar refractivity (Wildman–Crippen MR) is 243 cm³/mol. The van der Waals surface area contributed by atoms with Gasteiger partial charge in [0.05, 0.1) is 33.7 Å². The zero-order valence-corrected chi connectivity index (χ0v) is 33.5. The second-order valence-electron chi connectivity index (χ2n) is 15.5. The Morgan fingerprint density at radius 1 is 0.393 bits per heavy atom. The molecule has 8 aromatic carbocycles. The number of rotatable bonds is 7. The molecule has 0 saturated heterocycles. The molecule has 0 N–H and O–H groups in total. The van der Waals surface area contributed by atoms with E-state index in [0.29, 0.717) is 17.1 Å². The van der Waals surface area contributed by atoms with Crippen LogP contribution in [0.25, 0.3) is 94.8 Å². The number of aromatic nitrogens is 3. The highest BCUT2D eigenvalue weighted by Gasteiger charge is 2.30. The van der Waals surface area contributed by atoms with Gasteiger partial charge in [-0.2, -0.15) is 13.2 Å². The van der Waals surface area contributed by atoms with Crippen LogP contribution >= 0.6 is 0 Å². The summed E-state index contributed by atoms with van der Waals surface area (Å²) < 4.78 is 44.6. The Labute approximate surface area is 352 Å². The van der Waals surface area contributed by atoms with Crippen molar-refractivity contribution >= 4 is 21.8 Å². The molecule has 0 saturated carbocycles. The third kappa shape index (κ3) is 7.16. The second-order valence-corrected chi connectivity index (χ2v) is 15.5. The normalized spacial score (nSPS) is 11.7. The molecule has 3 nitrogen and oxygen atoms in total. The van der Waals surface area contributed by atoms with E-state index in [-0.39, 0.29) is 0 Å². The van der Waals surface area contributed by atoms with Gasteiger partial charge in [-0.05, 0) is 84.6 Å². The lowest BCUT2D eigenvalue weighted by molar-refractivity contribution is -0.137. The number of alkyl halides is 3. The van der Waals surface area contributed by atoms with Crippen LogP contribution in [-0.4, -0.2) is 14.5 Å². The minimum absolute atomic E-state index is 0.570. The quantitative estimate of drug-likeness (QED) is 0.161. The molecule has 0 unspecified atom stereocenters. The third-order valence-electron chi connectivity index (χ3n) is 11.4. The van der Waals surface area contributed by atoms with Gasteiger partial charge in [-0.1, -0.05) is 157 Å².